The number of rotatable bonds is 6. The highest BCUT2D eigenvalue weighted by atomic mass is 16.5. The summed E-state index contributed by atoms with van der Waals surface area (Å²) in [6.45, 7) is 8.70. The van der Waals surface area contributed by atoms with Crippen LogP contribution in [0.4, 0.5) is 4.79 Å². The maximum Gasteiger partial charge on any atom is 0.407 e. The number of nitrogens with one attached hydrogen (secondary N) is 1. The van der Waals surface area contributed by atoms with Gasteiger partial charge in [-0.15, -0.1) is 0 Å². The summed E-state index contributed by atoms with van der Waals surface area (Å²) >= 11 is 0. The fourth-order valence-electron chi connectivity index (χ4n) is 3.68. The minimum atomic E-state index is -0.584. The molecule has 0 aromatic carbocycles. The summed E-state index contributed by atoms with van der Waals surface area (Å²) in [6, 6.07) is -0.570. The molecule has 0 saturated carbocycles. The average molecular weight is 383 g/mol. The van der Waals surface area contributed by atoms with E-state index >= 15 is 0 Å². The molecule has 27 heavy (non-hydrogen) atoms. The summed E-state index contributed by atoms with van der Waals surface area (Å²) in [5.41, 5.74) is 0. The monoisotopic (exact) mass is 382 g/mol. The van der Waals surface area contributed by atoms with Crippen LogP contribution in [0.3, 0.4) is 0 Å². The number of amides is 3. The molecule has 154 valence electrons. The molecule has 2 fully saturated rings. The number of carbonyl (C=O) groups is 3. The minimum absolute atomic E-state index is 0.0730. The van der Waals surface area contributed by atoms with Crippen LogP contribution in [0.25, 0.3) is 0 Å². The van der Waals surface area contributed by atoms with Crippen LogP contribution in [0.5, 0.6) is 0 Å². The van der Waals surface area contributed by atoms with Crippen LogP contribution in [0.15, 0.2) is 0 Å². The predicted molar refractivity (Wildman–Crippen MR) is 102 cm³/mol. The summed E-state index contributed by atoms with van der Waals surface area (Å²) in [7, 11) is 1.30. The molecule has 2 rings (SSSR count). The molecule has 2 aliphatic rings. The molecular formula is C19H34N4O4. The lowest BCUT2D eigenvalue weighted by Gasteiger charge is -2.37. The van der Waals surface area contributed by atoms with Gasteiger partial charge in [0.15, 0.2) is 0 Å². The van der Waals surface area contributed by atoms with E-state index < -0.39 is 12.1 Å². The Kier molecular flexibility index (Phi) is 8.34. The molecule has 1 N–H and O–H groups in total. The Morgan fingerprint density at radius 1 is 0.926 bits per heavy atom. The Morgan fingerprint density at radius 3 is 2.11 bits per heavy atom. The quantitative estimate of drug-likeness (QED) is 0.739. The van der Waals surface area contributed by atoms with E-state index in [-0.39, 0.29) is 17.7 Å². The van der Waals surface area contributed by atoms with Crippen molar-refractivity contribution in [3.8, 4) is 0 Å². The number of methoxy groups -OCH3 is 1. The first-order valence-corrected chi connectivity index (χ1v) is 10.0. The number of piperidine rings is 1. The standard InChI is InChI=1S/C19H34N4O4/c1-15(2)13-16(20-19(26)27-3)18(25)23-11-9-21(10-12-23)14-17(24)22-7-5-4-6-8-22/h15-16H,4-14H2,1-3H3,(H,20,26). The second kappa shape index (κ2) is 10.5. The van der Waals surface area contributed by atoms with E-state index in [4.69, 9.17) is 0 Å². The molecule has 3 amide bonds. The third-order valence-corrected chi connectivity index (χ3v) is 5.23. The molecule has 1 atom stereocenters. The predicted octanol–water partition coefficient (Wildman–Crippen LogP) is 0.914. The highest BCUT2D eigenvalue weighted by molar-refractivity contribution is 5.85. The van der Waals surface area contributed by atoms with Gasteiger partial charge in [0.25, 0.3) is 0 Å². The lowest BCUT2D eigenvalue weighted by atomic mass is 10.0. The second-order valence-corrected chi connectivity index (χ2v) is 7.86. The molecule has 2 saturated heterocycles. The molecule has 1 unspecified atom stereocenters. The zero-order chi connectivity index (χ0) is 19.8. The highest BCUT2D eigenvalue weighted by Crippen LogP contribution is 2.12. The summed E-state index contributed by atoms with van der Waals surface area (Å²) in [5.74, 6) is 0.398. The van der Waals surface area contributed by atoms with Crippen LogP contribution < -0.4 is 5.32 Å². The van der Waals surface area contributed by atoms with Crippen molar-refractivity contribution in [3.05, 3.63) is 0 Å². The fraction of sp³-hybridized carbons (Fsp3) is 0.842. The summed E-state index contributed by atoms with van der Waals surface area (Å²) in [5, 5.41) is 2.65. The topological polar surface area (TPSA) is 82.2 Å². The van der Waals surface area contributed by atoms with Gasteiger partial charge in [-0.05, 0) is 31.6 Å². The molecule has 0 aromatic heterocycles. The van der Waals surface area contributed by atoms with Crippen molar-refractivity contribution in [2.45, 2.75) is 45.6 Å². The molecule has 0 spiro atoms. The van der Waals surface area contributed by atoms with Gasteiger partial charge < -0.3 is 19.9 Å². The largest absolute Gasteiger partial charge is 0.453 e. The van der Waals surface area contributed by atoms with Gasteiger partial charge in [-0.3, -0.25) is 14.5 Å². The number of ether oxygens (including phenoxy) is 1. The molecule has 0 aromatic rings. The van der Waals surface area contributed by atoms with Crippen LogP contribution in [0.1, 0.15) is 39.5 Å². The Balaban J connectivity index is 1.82. The molecule has 8 heteroatoms. The van der Waals surface area contributed by atoms with Gasteiger partial charge >= 0.3 is 6.09 Å². The van der Waals surface area contributed by atoms with E-state index in [9.17, 15) is 14.4 Å². The molecule has 2 aliphatic heterocycles. The van der Waals surface area contributed by atoms with E-state index in [0.717, 1.165) is 25.9 Å². The Labute approximate surface area is 162 Å². The number of hydrogen-bond acceptors (Lipinski definition) is 5. The van der Waals surface area contributed by atoms with E-state index in [1.807, 2.05) is 18.7 Å². The normalized spacial score (nSPS) is 19.7. The van der Waals surface area contributed by atoms with Gasteiger partial charge in [0.05, 0.1) is 13.7 Å². The van der Waals surface area contributed by atoms with Crippen molar-refractivity contribution in [2.24, 2.45) is 5.92 Å². The summed E-state index contributed by atoms with van der Waals surface area (Å²) in [6.07, 6.45) is 3.39. The average Bonchev–Trinajstić information content (AvgIpc) is 2.67. The first kappa shape index (κ1) is 21.5. The molecular weight excluding hydrogens is 348 g/mol. The van der Waals surface area contributed by atoms with Crippen LogP contribution in [-0.4, -0.2) is 91.6 Å². The number of likely N-dealkylation sites (tertiary alicyclic amines) is 1. The zero-order valence-corrected chi connectivity index (χ0v) is 16.9. The summed E-state index contributed by atoms with van der Waals surface area (Å²) in [4.78, 5) is 42.6. The summed E-state index contributed by atoms with van der Waals surface area (Å²) < 4.78 is 4.65. The molecule has 0 bridgehead atoms. The van der Waals surface area contributed by atoms with Crippen LogP contribution in [0, 0.1) is 5.92 Å². The maximum atomic E-state index is 12.8. The van der Waals surface area contributed by atoms with E-state index in [1.165, 1.54) is 13.5 Å². The van der Waals surface area contributed by atoms with Crippen molar-refractivity contribution in [1.82, 2.24) is 20.0 Å². The van der Waals surface area contributed by atoms with E-state index in [2.05, 4.69) is 15.0 Å². The zero-order valence-electron chi connectivity index (χ0n) is 16.9. The number of alkyl carbamates (subject to hydrolysis) is 1. The van der Waals surface area contributed by atoms with Crippen molar-refractivity contribution in [1.29, 1.82) is 0 Å². The highest BCUT2D eigenvalue weighted by Gasteiger charge is 2.30. The lowest BCUT2D eigenvalue weighted by molar-refractivity contribution is -0.137. The third-order valence-electron chi connectivity index (χ3n) is 5.23. The lowest BCUT2D eigenvalue weighted by Crippen LogP contribution is -2.56. The minimum Gasteiger partial charge on any atom is -0.453 e. The van der Waals surface area contributed by atoms with Gasteiger partial charge in [-0.25, -0.2) is 4.79 Å². The van der Waals surface area contributed by atoms with Crippen molar-refractivity contribution in [2.75, 3.05) is 52.9 Å². The number of piperazine rings is 1. The van der Waals surface area contributed by atoms with Crippen LogP contribution in [0.2, 0.25) is 0 Å². The number of nitrogens with zero attached hydrogens (tertiary/aromatic N) is 3. The fourth-order valence-corrected chi connectivity index (χ4v) is 3.68. The van der Waals surface area contributed by atoms with E-state index in [0.29, 0.717) is 39.1 Å². The van der Waals surface area contributed by atoms with Crippen molar-refractivity contribution >= 4 is 17.9 Å². The van der Waals surface area contributed by atoms with Gasteiger partial charge in [0.1, 0.15) is 6.04 Å². The van der Waals surface area contributed by atoms with Crippen molar-refractivity contribution in [3.63, 3.8) is 0 Å². The van der Waals surface area contributed by atoms with Crippen LogP contribution >= 0.6 is 0 Å². The first-order chi connectivity index (χ1) is 12.9. The SMILES string of the molecule is COC(=O)NC(CC(C)C)C(=O)N1CCN(CC(=O)N2CCCCC2)CC1. The van der Waals surface area contributed by atoms with E-state index in [1.54, 1.807) is 4.90 Å². The van der Waals surface area contributed by atoms with Gasteiger partial charge in [0, 0.05) is 39.3 Å². The maximum absolute atomic E-state index is 12.8. The van der Waals surface area contributed by atoms with Crippen LogP contribution in [-0.2, 0) is 14.3 Å². The third kappa shape index (κ3) is 6.68. The van der Waals surface area contributed by atoms with Crippen molar-refractivity contribution < 1.29 is 19.1 Å². The molecule has 0 radical (unpaired) electrons. The van der Waals surface area contributed by atoms with Gasteiger partial charge in [-0.2, -0.15) is 0 Å². The molecule has 8 nitrogen and oxygen atoms in total. The smallest absolute Gasteiger partial charge is 0.407 e. The Bertz CT molecular complexity index is 512. The Morgan fingerprint density at radius 2 is 1.56 bits per heavy atom. The number of hydrogen-bond donors (Lipinski definition) is 1. The second-order valence-electron chi connectivity index (χ2n) is 7.86. The molecule has 2 heterocycles. The number of carbonyl (C=O) groups excluding carboxylic acids is 3. The van der Waals surface area contributed by atoms with Gasteiger partial charge in [-0.1, -0.05) is 13.8 Å². The first-order valence-electron chi connectivity index (χ1n) is 10.0. The Hall–Kier alpha value is -1.83. The van der Waals surface area contributed by atoms with Gasteiger partial charge in [0.2, 0.25) is 11.8 Å². The molecule has 0 aliphatic carbocycles.